The quantitative estimate of drug-likeness (QED) is 0.671. The zero-order chi connectivity index (χ0) is 20.2. The molecule has 0 spiro atoms. The van der Waals surface area contributed by atoms with Crippen molar-refractivity contribution in [1.29, 1.82) is 0 Å². The first kappa shape index (κ1) is 19.1. The number of aromatic nitrogens is 3. The topological polar surface area (TPSA) is 73.9 Å². The van der Waals surface area contributed by atoms with Gasteiger partial charge in [-0.3, -0.25) is 4.79 Å². The third-order valence-electron chi connectivity index (χ3n) is 5.24. The van der Waals surface area contributed by atoms with E-state index in [1.807, 2.05) is 31.2 Å². The fraction of sp³-hybridized carbons (Fsp3) is 0.318. The average molecular weight is 393 g/mol. The lowest BCUT2D eigenvalue weighted by Crippen LogP contribution is -2.22. The van der Waals surface area contributed by atoms with Gasteiger partial charge in [0.05, 0.1) is 0 Å². The summed E-state index contributed by atoms with van der Waals surface area (Å²) < 4.78 is 13.1. The predicted molar refractivity (Wildman–Crippen MR) is 113 cm³/mol. The van der Waals surface area contributed by atoms with Gasteiger partial charge in [0.2, 0.25) is 0 Å². The lowest BCUT2D eigenvalue weighted by atomic mass is 10.1. The Kier molecular flexibility index (Phi) is 5.55. The van der Waals surface area contributed by atoms with E-state index in [-0.39, 0.29) is 11.4 Å². The summed E-state index contributed by atoms with van der Waals surface area (Å²) in [7, 11) is 0. The third-order valence-corrected chi connectivity index (χ3v) is 5.24. The molecule has 1 atom stereocenters. The molecule has 1 fully saturated rings. The minimum atomic E-state index is -0.207. The number of halogens is 1. The molecule has 29 heavy (non-hydrogen) atoms. The molecule has 3 heterocycles. The van der Waals surface area contributed by atoms with Crippen LogP contribution in [0.15, 0.2) is 53.5 Å². The van der Waals surface area contributed by atoms with Gasteiger partial charge in [0.15, 0.2) is 0 Å². The first-order valence-corrected chi connectivity index (χ1v) is 9.92. The first-order valence-electron chi connectivity index (χ1n) is 9.92. The van der Waals surface area contributed by atoms with E-state index in [2.05, 4.69) is 25.2 Å². The van der Waals surface area contributed by atoms with Gasteiger partial charge in [-0.05, 0) is 55.2 Å². The highest BCUT2D eigenvalue weighted by Crippen LogP contribution is 2.24. The Hall–Kier alpha value is -3.22. The Labute approximate surface area is 168 Å². The van der Waals surface area contributed by atoms with E-state index in [0.717, 1.165) is 48.8 Å². The van der Waals surface area contributed by atoms with Crippen molar-refractivity contribution in [3.63, 3.8) is 0 Å². The molecule has 2 aromatic heterocycles. The van der Waals surface area contributed by atoms with Gasteiger partial charge in [-0.25, -0.2) is 14.4 Å². The number of aromatic amines is 1. The number of H-pyrrole nitrogens is 1. The number of nitrogens with zero attached hydrogens (tertiary/aromatic N) is 3. The molecule has 1 aliphatic rings. The van der Waals surface area contributed by atoms with Gasteiger partial charge >= 0.3 is 0 Å². The number of hydrogen-bond donors (Lipinski definition) is 2. The highest BCUT2D eigenvalue weighted by atomic mass is 19.1. The Bertz CT molecular complexity index is 1020. The zero-order valence-corrected chi connectivity index (χ0v) is 16.4. The van der Waals surface area contributed by atoms with Gasteiger partial charge in [0, 0.05) is 48.8 Å². The summed E-state index contributed by atoms with van der Waals surface area (Å²) in [4.78, 5) is 25.7. The van der Waals surface area contributed by atoms with Gasteiger partial charge in [0.25, 0.3) is 5.56 Å². The molecule has 1 aliphatic heterocycles. The molecular formula is C22H24FN5O. The van der Waals surface area contributed by atoms with Crippen LogP contribution in [0.5, 0.6) is 0 Å². The van der Waals surface area contributed by atoms with Gasteiger partial charge < -0.3 is 15.2 Å². The summed E-state index contributed by atoms with van der Waals surface area (Å²) in [5, 5.41) is 3.39. The van der Waals surface area contributed by atoms with Crippen LogP contribution in [-0.2, 0) is 6.42 Å². The molecule has 4 rings (SSSR count). The van der Waals surface area contributed by atoms with Crippen molar-refractivity contribution in [3.05, 3.63) is 70.5 Å². The summed E-state index contributed by atoms with van der Waals surface area (Å²) in [5.41, 5.74) is 2.46. The molecule has 1 saturated heterocycles. The minimum Gasteiger partial charge on any atom is -0.371 e. The molecule has 150 valence electrons. The Morgan fingerprint density at radius 1 is 1.24 bits per heavy atom. The van der Waals surface area contributed by atoms with Gasteiger partial charge in [-0.15, -0.1) is 0 Å². The standard InChI is InChI=1S/C22H24FN5O/c1-2-18-11-21(29)27-22(26-18)16-3-8-20(25-13-16)24-12-15-9-10-28(14-15)19-6-4-17(23)5-7-19/h3-8,11,13,15H,2,9-10,12,14H2,1H3,(H,24,25)(H,26,27,29)/t15-/m0/s1. The van der Waals surface area contributed by atoms with E-state index >= 15 is 0 Å². The lowest BCUT2D eigenvalue weighted by Gasteiger charge is -2.19. The van der Waals surface area contributed by atoms with Crippen molar-refractivity contribution >= 4 is 11.5 Å². The smallest absolute Gasteiger partial charge is 0.251 e. The second-order valence-corrected chi connectivity index (χ2v) is 7.33. The molecule has 0 saturated carbocycles. The van der Waals surface area contributed by atoms with E-state index in [1.165, 1.54) is 18.2 Å². The van der Waals surface area contributed by atoms with Crippen molar-refractivity contribution in [3.8, 4) is 11.4 Å². The van der Waals surface area contributed by atoms with Crippen molar-refractivity contribution < 1.29 is 4.39 Å². The van der Waals surface area contributed by atoms with Crippen LogP contribution in [0.3, 0.4) is 0 Å². The molecule has 0 unspecified atom stereocenters. The van der Waals surface area contributed by atoms with E-state index in [4.69, 9.17) is 0 Å². The molecule has 1 aromatic carbocycles. The number of aryl methyl sites for hydroxylation is 1. The van der Waals surface area contributed by atoms with Crippen molar-refractivity contribution in [2.75, 3.05) is 29.9 Å². The molecule has 0 bridgehead atoms. The van der Waals surface area contributed by atoms with Crippen LogP contribution in [0, 0.1) is 11.7 Å². The number of benzene rings is 1. The highest BCUT2D eigenvalue weighted by Gasteiger charge is 2.22. The van der Waals surface area contributed by atoms with Gasteiger partial charge in [-0.1, -0.05) is 6.92 Å². The first-order chi connectivity index (χ1) is 14.1. The van der Waals surface area contributed by atoms with Crippen LogP contribution in [0.1, 0.15) is 19.0 Å². The second kappa shape index (κ2) is 8.43. The van der Waals surface area contributed by atoms with Crippen LogP contribution in [0.25, 0.3) is 11.4 Å². The van der Waals surface area contributed by atoms with Gasteiger partial charge in [0.1, 0.15) is 17.5 Å². The summed E-state index contributed by atoms with van der Waals surface area (Å²) >= 11 is 0. The van der Waals surface area contributed by atoms with E-state index in [0.29, 0.717) is 18.2 Å². The number of hydrogen-bond acceptors (Lipinski definition) is 5. The maximum absolute atomic E-state index is 13.1. The molecular weight excluding hydrogens is 369 g/mol. The Morgan fingerprint density at radius 3 is 2.79 bits per heavy atom. The SMILES string of the molecule is CCc1cc(=O)[nH]c(-c2ccc(NC[C@@H]3CCN(c4ccc(F)cc4)C3)nc2)n1. The lowest BCUT2D eigenvalue weighted by molar-refractivity contribution is 0.620. The normalized spacial score (nSPS) is 16.2. The fourth-order valence-electron chi connectivity index (χ4n) is 3.60. The number of rotatable bonds is 6. The van der Waals surface area contributed by atoms with Gasteiger partial charge in [-0.2, -0.15) is 0 Å². The van der Waals surface area contributed by atoms with Crippen LogP contribution in [0.4, 0.5) is 15.9 Å². The molecule has 0 amide bonds. The largest absolute Gasteiger partial charge is 0.371 e. The van der Waals surface area contributed by atoms with Crippen LogP contribution in [-0.4, -0.2) is 34.6 Å². The van der Waals surface area contributed by atoms with Crippen molar-refractivity contribution in [1.82, 2.24) is 15.0 Å². The monoisotopic (exact) mass is 393 g/mol. The van der Waals surface area contributed by atoms with E-state index < -0.39 is 0 Å². The third kappa shape index (κ3) is 4.62. The maximum atomic E-state index is 13.1. The van der Waals surface area contributed by atoms with Crippen LogP contribution < -0.4 is 15.8 Å². The molecule has 2 N–H and O–H groups in total. The predicted octanol–water partition coefficient (Wildman–Crippen LogP) is 3.47. The summed E-state index contributed by atoms with van der Waals surface area (Å²) in [6.07, 6.45) is 3.51. The summed E-state index contributed by atoms with van der Waals surface area (Å²) in [5.74, 6) is 1.63. The summed E-state index contributed by atoms with van der Waals surface area (Å²) in [6, 6.07) is 12.0. The fourth-order valence-corrected chi connectivity index (χ4v) is 3.60. The molecule has 0 aliphatic carbocycles. The van der Waals surface area contributed by atoms with E-state index in [9.17, 15) is 9.18 Å². The van der Waals surface area contributed by atoms with Crippen LogP contribution in [0.2, 0.25) is 0 Å². The molecule has 7 heteroatoms. The molecule has 0 radical (unpaired) electrons. The number of nitrogens with one attached hydrogen (secondary N) is 2. The molecule has 6 nitrogen and oxygen atoms in total. The van der Waals surface area contributed by atoms with Crippen molar-refractivity contribution in [2.45, 2.75) is 19.8 Å². The van der Waals surface area contributed by atoms with E-state index in [1.54, 1.807) is 6.20 Å². The zero-order valence-electron chi connectivity index (χ0n) is 16.4. The second-order valence-electron chi connectivity index (χ2n) is 7.33. The summed E-state index contributed by atoms with van der Waals surface area (Å²) in [6.45, 7) is 4.70. The molecule has 3 aromatic rings. The average Bonchev–Trinajstić information content (AvgIpc) is 3.22. The highest BCUT2D eigenvalue weighted by molar-refractivity contribution is 5.56. The number of anilines is 2. The number of pyridine rings is 1. The maximum Gasteiger partial charge on any atom is 0.251 e. The Morgan fingerprint density at radius 2 is 2.07 bits per heavy atom. The Balaban J connectivity index is 1.34. The van der Waals surface area contributed by atoms with Crippen LogP contribution >= 0.6 is 0 Å². The van der Waals surface area contributed by atoms with Crippen molar-refractivity contribution in [2.24, 2.45) is 5.92 Å². The minimum absolute atomic E-state index is 0.152.